The van der Waals surface area contributed by atoms with Gasteiger partial charge in [0.2, 0.25) is 0 Å². The fraction of sp³-hybridized carbons (Fsp3) is 1.00. The van der Waals surface area contributed by atoms with Crippen molar-refractivity contribution >= 4 is 0 Å². The van der Waals surface area contributed by atoms with Crippen LogP contribution in [0.5, 0.6) is 0 Å². The number of hydrogen-bond donors (Lipinski definition) is 1. The molecule has 0 spiro atoms. The smallest absolute Gasteiger partial charge is 0.0494 e. The van der Waals surface area contributed by atoms with Crippen molar-refractivity contribution in [2.75, 3.05) is 19.8 Å². The Kier molecular flexibility index (Phi) is 7.11. The maximum atomic E-state index is 5.81. The van der Waals surface area contributed by atoms with Crippen molar-refractivity contribution in [2.24, 2.45) is 5.92 Å². The van der Waals surface area contributed by atoms with Gasteiger partial charge in [0.15, 0.2) is 0 Å². The van der Waals surface area contributed by atoms with Gasteiger partial charge in [-0.3, -0.25) is 0 Å². The molecule has 0 bridgehead atoms. The van der Waals surface area contributed by atoms with Crippen LogP contribution in [0.2, 0.25) is 0 Å². The molecule has 0 aromatic carbocycles. The van der Waals surface area contributed by atoms with Gasteiger partial charge in [0.05, 0.1) is 0 Å². The third-order valence-electron chi connectivity index (χ3n) is 4.30. The van der Waals surface area contributed by atoms with Gasteiger partial charge in [0, 0.05) is 19.3 Å². The molecule has 0 radical (unpaired) electrons. The van der Waals surface area contributed by atoms with Crippen LogP contribution in [0.15, 0.2) is 0 Å². The Bertz CT molecular complexity index is 197. The summed E-state index contributed by atoms with van der Waals surface area (Å²) in [5.74, 6) is 0.876. The van der Waals surface area contributed by atoms with Crippen LogP contribution in [0.1, 0.15) is 70.6 Å². The van der Waals surface area contributed by atoms with Crippen LogP contribution in [0, 0.1) is 5.92 Å². The summed E-state index contributed by atoms with van der Waals surface area (Å²) >= 11 is 0. The summed E-state index contributed by atoms with van der Waals surface area (Å²) in [5.41, 5.74) is 0. The number of hydrogen-bond acceptors (Lipinski definition) is 2. The molecule has 2 aliphatic carbocycles. The molecule has 106 valence electrons. The van der Waals surface area contributed by atoms with Crippen molar-refractivity contribution in [1.29, 1.82) is 0 Å². The van der Waals surface area contributed by atoms with Gasteiger partial charge in [-0.2, -0.15) is 0 Å². The van der Waals surface area contributed by atoms with E-state index in [1.54, 1.807) is 0 Å². The average molecular weight is 253 g/mol. The lowest BCUT2D eigenvalue weighted by atomic mass is 9.90. The molecule has 18 heavy (non-hydrogen) atoms. The first-order chi connectivity index (χ1) is 8.95. The number of nitrogens with one attached hydrogen (secondary N) is 1. The van der Waals surface area contributed by atoms with Crippen LogP contribution in [0.25, 0.3) is 0 Å². The molecule has 0 aromatic heterocycles. The summed E-state index contributed by atoms with van der Waals surface area (Å²) in [4.78, 5) is 0. The van der Waals surface area contributed by atoms with E-state index in [-0.39, 0.29) is 0 Å². The normalized spacial score (nSPS) is 21.3. The van der Waals surface area contributed by atoms with Crippen molar-refractivity contribution < 1.29 is 4.74 Å². The Labute approximate surface area is 113 Å². The van der Waals surface area contributed by atoms with E-state index in [1.165, 1.54) is 77.2 Å². The van der Waals surface area contributed by atoms with Gasteiger partial charge in [-0.05, 0) is 51.0 Å². The molecule has 2 rings (SSSR count). The van der Waals surface area contributed by atoms with E-state index < -0.39 is 0 Å². The minimum atomic E-state index is 0.876. The molecule has 2 heteroatoms. The maximum Gasteiger partial charge on any atom is 0.0494 e. The SMILES string of the molecule is C(CCCOCC1CCCCC1)CCNC1CC1. The Morgan fingerprint density at radius 2 is 1.61 bits per heavy atom. The summed E-state index contributed by atoms with van der Waals surface area (Å²) in [5, 5.41) is 3.57. The Morgan fingerprint density at radius 1 is 0.833 bits per heavy atom. The maximum absolute atomic E-state index is 5.81. The van der Waals surface area contributed by atoms with Gasteiger partial charge in [0.1, 0.15) is 0 Å². The molecule has 0 saturated heterocycles. The van der Waals surface area contributed by atoms with Crippen molar-refractivity contribution in [1.82, 2.24) is 5.32 Å². The van der Waals surface area contributed by atoms with Crippen molar-refractivity contribution in [3.63, 3.8) is 0 Å². The van der Waals surface area contributed by atoms with Gasteiger partial charge in [-0.25, -0.2) is 0 Å². The second kappa shape index (κ2) is 8.92. The highest BCUT2D eigenvalue weighted by Gasteiger charge is 2.19. The number of unbranched alkanes of at least 4 members (excludes halogenated alkanes) is 3. The first-order valence-electron chi connectivity index (χ1n) is 8.26. The van der Waals surface area contributed by atoms with Crippen molar-refractivity contribution in [3.8, 4) is 0 Å². The zero-order valence-electron chi connectivity index (χ0n) is 12.0. The Hall–Kier alpha value is -0.0800. The third-order valence-corrected chi connectivity index (χ3v) is 4.30. The molecule has 0 aliphatic heterocycles. The van der Waals surface area contributed by atoms with Crippen LogP contribution in [-0.2, 0) is 4.74 Å². The molecule has 1 N–H and O–H groups in total. The van der Waals surface area contributed by atoms with E-state index in [9.17, 15) is 0 Å². The standard InChI is InChI=1S/C16H31NO/c1(6-12-17-16-10-11-16)2-7-13-18-14-15-8-4-3-5-9-15/h15-17H,1-14H2. The third kappa shape index (κ3) is 6.75. The lowest BCUT2D eigenvalue weighted by molar-refractivity contribution is 0.0824. The number of ether oxygens (including phenoxy) is 1. The average Bonchev–Trinajstić information content (AvgIpc) is 3.22. The van der Waals surface area contributed by atoms with Crippen molar-refractivity contribution in [2.45, 2.75) is 76.7 Å². The van der Waals surface area contributed by atoms with Crippen LogP contribution < -0.4 is 5.32 Å². The summed E-state index contributed by atoms with van der Waals surface area (Å²) in [6.07, 6.45) is 15.3. The highest BCUT2D eigenvalue weighted by molar-refractivity contribution is 4.80. The first kappa shape index (κ1) is 14.3. The topological polar surface area (TPSA) is 21.3 Å². The summed E-state index contributed by atoms with van der Waals surface area (Å²) in [6, 6.07) is 0.879. The predicted molar refractivity (Wildman–Crippen MR) is 76.9 cm³/mol. The fourth-order valence-corrected chi connectivity index (χ4v) is 2.88. The minimum absolute atomic E-state index is 0.876. The van der Waals surface area contributed by atoms with Crippen LogP contribution in [0.3, 0.4) is 0 Å². The van der Waals surface area contributed by atoms with Gasteiger partial charge in [-0.15, -0.1) is 0 Å². The van der Waals surface area contributed by atoms with E-state index in [0.29, 0.717) is 0 Å². The van der Waals surface area contributed by atoms with E-state index in [0.717, 1.165) is 25.2 Å². The molecule has 0 atom stereocenters. The molecule has 0 heterocycles. The molecule has 2 fully saturated rings. The van der Waals surface area contributed by atoms with Gasteiger partial charge in [-0.1, -0.05) is 32.1 Å². The lowest BCUT2D eigenvalue weighted by Crippen LogP contribution is -2.17. The van der Waals surface area contributed by atoms with E-state index in [4.69, 9.17) is 4.74 Å². The predicted octanol–water partition coefficient (Wildman–Crippen LogP) is 3.90. The minimum Gasteiger partial charge on any atom is -0.381 e. The van der Waals surface area contributed by atoms with Gasteiger partial charge < -0.3 is 10.1 Å². The zero-order valence-corrected chi connectivity index (χ0v) is 12.0. The van der Waals surface area contributed by atoms with Gasteiger partial charge >= 0.3 is 0 Å². The molecular weight excluding hydrogens is 222 g/mol. The highest BCUT2D eigenvalue weighted by Crippen LogP contribution is 2.23. The van der Waals surface area contributed by atoms with Gasteiger partial charge in [0.25, 0.3) is 0 Å². The molecule has 0 unspecified atom stereocenters. The quantitative estimate of drug-likeness (QED) is 0.596. The van der Waals surface area contributed by atoms with Crippen molar-refractivity contribution in [3.05, 3.63) is 0 Å². The second-order valence-corrected chi connectivity index (χ2v) is 6.22. The second-order valence-electron chi connectivity index (χ2n) is 6.22. The fourth-order valence-electron chi connectivity index (χ4n) is 2.88. The molecule has 2 aliphatic rings. The van der Waals surface area contributed by atoms with E-state index >= 15 is 0 Å². The zero-order chi connectivity index (χ0) is 12.5. The molecule has 0 aromatic rings. The lowest BCUT2D eigenvalue weighted by Gasteiger charge is -2.21. The Morgan fingerprint density at radius 3 is 2.39 bits per heavy atom. The highest BCUT2D eigenvalue weighted by atomic mass is 16.5. The Balaban J connectivity index is 1.28. The van der Waals surface area contributed by atoms with Crippen LogP contribution in [0.4, 0.5) is 0 Å². The first-order valence-corrected chi connectivity index (χ1v) is 8.26. The van der Waals surface area contributed by atoms with Crippen LogP contribution in [-0.4, -0.2) is 25.8 Å². The largest absolute Gasteiger partial charge is 0.381 e. The molecule has 0 amide bonds. The molecule has 2 saturated carbocycles. The van der Waals surface area contributed by atoms with E-state index in [1.807, 2.05) is 0 Å². The number of rotatable bonds is 10. The summed E-state index contributed by atoms with van der Waals surface area (Å²) in [6.45, 7) is 3.25. The molecular formula is C16H31NO. The summed E-state index contributed by atoms with van der Waals surface area (Å²) in [7, 11) is 0. The summed E-state index contributed by atoms with van der Waals surface area (Å²) < 4.78 is 5.81. The van der Waals surface area contributed by atoms with Crippen LogP contribution >= 0.6 is 0 Å². The monoisotopic (exact) mass is 253 g/mol. The van der Waals surface area contributed by atoms with E-state index in [2.05, 4.69) is 5.32 Å². The molecule has 2 nitrogen and oxygen atoms in total.